The van der Waals surface area contributed by atoms with E-state index >= 15 is 0 Å². The number of hydrogen-bond donors (Lipinski definition) is 1. The van der Waals surface area contributed by atoms with E-state index in [2.05, 4.69) is 10.2 Å². The predicted octanol–water partition coefficient (Wildman–Crippen LogP) is 2.95. The van der Waals surface area contributed by atoms with Crippen LogP contribution in [0.2, 0.25) is 0 Å². The number of benzene rings is 1. The molecule has 0 spiro atoms. The summed E-state index contributed by atoms with van der Waals surface area (Å²) in [5.74, 6) is 0. The highest BCUT2D eigenvalue weighted by Crippen LogP contribution is 2.47. The highest BCUT2D eigenvalue weighted by Gasteiger charge is 2.54. The maximum atomic E-state index is 13.2. The van der Waals surface area contributed by atoms with Gasteiger partial charge in [0.1, 0.15) is 0 Å². The molecule has 0 saturated carbocycles. The lowest BCUT2D eigenvalue weighted by atomic mass is 9.98. The van der Waals surface area contributed by atoms with Gasteiger partial charge in [0, 0.05) is 6.42 Å². The van der Waals surface area contributed by atoms with E-state index in [1.54, 1.807) is 11.2 Å². The highest BCUT2D eigenvalue weighted by molar-refractivity contribution is 7.89. The number of hydrogen-bond acceptors (Lipinski definition) is 4. The third-order valence-electron chi connectivity index (χ3n) is 4.91. The number of halogens is 3. The molecule has 1 atom stereocenters. The quantitative estimate of drug-likeness (QED) is 0.862. The van der Waals surface area contributed by atoms with Gasteiger partial charge in [-0.15, -0.1) is 4.41 Å². The molecule has 10 heteroatoms. The fraction of sp³-hybridized carbons (Fsp3) is 0.438. The lowest BCUT2D eigenvalue weighted by molar-refractivity contribution is -0.137. The molecule has 1 N–H and O–H groups in total. The topological polar surface area (TPSA) is 69.3 Å². The first-order chi connectivity index (χ1) is 12.0. The van der Waals surface area contributed by atoms with Crippen molar-refractivity contribution in [2.24, 2.45) is 0 Å². The predicted molar refractivity (Wildman–Crippen MR) is 87.7 cm³/mol. The average Bonchev–Trinajstić information content (AvgIpc) is 3.07. The van der Waals surface area contributed by atoms with Crippen LogP contribution in [0.4, 0.5) is 18.9 Å². The lowest BCUT2D eigenvalue weighted by Gasteiger charge is -2.40. The molecule has 2 bridgehead atoms. The molecule has 0 amide bonds. The summed E-state index contributed by atoms with van der Waals surface area (Å²) in [6.45, 7) is 3.87. The summed E-state index contributed by atoms with van der Waals surface area (Å²) in [7, 11) is -4.00. The van der Waals surface area contributed by atoms with Gasteiger partial charge in [0.2, 0.25) is 0 Å². The number of rotatable bonds is 2. The van der Waals surface area contributed by atoms with E-state index in [1.165, 1.54) is 4.41 Å². The Balaban J connectivity index is 1.77. The molecular weight excluding hydrogens is 369 g/mol. The van der Waals surface area contributed by atoms with Gasteiger partial charge >= 0.3 is 6.18 Å². The Morgan fingerprint density at radius 2 is 1.88 bits per heavy atom. The second-order valence-corrected chi connectivity index (χ2v) is 9.02. The van der Waals surface area contributed by atoms with Gasteiger partial charge in [0.15, 0.2) is 0 Å². The first-order valence-electron chi connectivity index (χ1n) is 8.06. The third-order valence-corrected chi connectivity index (χ3v) is 6.73. The van der Waals surface area contributed by atoms with E-state index in [-0.39, 0.29) is 10.9 Å². The average molecular weight is 386 g/mol. The van der Waals surface area contributed by atoms with Crippen molar-refractivity contribution < 1.29 is 21.6 Å². The van der Waals surface area contributed by atoms with Crippen molar-refractivity contribution in [1.29, 1.82) is 0 Å². The molecule has 2 aliphatic rings. The van der Waals surface area contributed by atoms with Crippen LogP contribution in [0.1, 0.15) is 31.5 Å². The number of nitrogens with one attached hydrogen (secondary N) is 1. The third kappa shape index (κ3) is 2.43. The number of anilines is 1. The number of aromatic amines is 1. The van der Waals surface area contributed by atoms with E-state index in [0.717, 1.165) is 30.0 Å². The minimum Gasteiger partial charge on any atom is -0.283 e. The molecule has 26 heavy (non-hydrogen) atoms. The molecule has 1 fully saturated rings. The number of alkyl halides is 3. The van der Waals surface area contributed by atoms with Crippen LogP contribution in [0, 0.1) is 0 Å². The number of hydrazine groups is 1. The van der Waals surface area contributed by atoms with E-state index in [9.17, 15) is 21.6 Å². The Kier molecular flexibility index (Phi) is 3.49. The zero-order valence-corrected chi connectivity index (χ0v) is 14.9. The van der Waals surface area contributed by atoms with Crippen LogP contribution in [-0.4, -0.2) is 34.6 Å². The highest BCUT2D eigenvalue weighted by atomic mass is 32.2. The molecule has 6 nitrogen and oxygen atoms in total. The minimum atomic E-state index is -4.51. The maximum Gasteiger partial charge on any atom is 0.416 e. The van der Waals surface area contributed by atoms with Crippen molar-refractivity contribution in [1.82, 2.24) is 14.6 Å². The van der Waals surface area contributed by atoms with E-state index in [4.69, 9.17) is 0 Å². The van der Waals surface area contributed by atoms with Crippen molar-refractivity contribution in [3.63, 3.8) is 0 Å². The van der Waals surface area contributed by atoms with Gasteiger partial charge in [-0.05, 0) is 44.5 Å². The normalized spacial score (nSPS) is 22.5. The molecular formula is C16H17F3N4O2S. The molecule has 4 rings (SSSR count). The van der Waals surface area contributed by atoms with Crippen LogP contribution in [0.25, 0.3) is 0 Å². The molecule has 1 aromatic carbocycles. The minimum absolute atomic E-state index is 0.162. The Hall–Kier alpha value is -2.07. The van der Waals surface area contributed by atoms with Crippen LogP contribution < -0.4 is 5.01 Å². The number of sulfonamides is 1. The van der Waals surface area contributed by atoms with Gasteiger partial charge in [-0.2, -0.15) is 18.3 Å². The van der Waals surface area contributed by atoms with Gasteiger partial charge < -0.3 is 0 Å². The van der Waals surface area contributed by atoms with Crippen LogP contribution >= 0.6 is 0 Å². The van der Waals surface area contributed by atoms with Gasteiger partial charge in [0.05, 0.1) is 39.6 Å². The van der Waals surface area contributed by atoms with Gasteiger partial charge in [0.25, 0.3) is 10.0 Å². The first kappa shape index (κ1) is 17.3. The Bertz CT molecular complexity index is 951. The summed E-state index contributed by atoms with van der Waals surface area (Å²) < 4.78 is 66.0. The smallest absolute Gasteiger partial charge is 0.283 e. The van der Waals surface area contributed by atoms with Crippen LogP contribution in [-0.2, 0) is 22.6 Å². The van der Waals surface area contributed by atoms with E-state index < -0.39 is 27.3 Å². The fourth-order valence-electron chi connectivity index (χ4n) is 3.86. The van der Waals surface area contributed by atoms with E-state index in [0.29, 0.717) is 18.5 Å². The summed E-state index contributed by atoms with van der Waals surface area (Å²) in [6.07, 6.45) is -1.85. The summed E-state index contributed by atoms with van der Waals surface area (Å²) in [5.41, 5.74) is 0.202. The fourth-order valence-corrected chi connectivity index (χ4v) is 5.62. The van der Waals surface area contributed by atoms with E-state index in [1.807, 2.05) is 13.8 Å². The number of fused-ring (bicyclic) bond motifs is 4. The van der Waals surface area contributed by atoms with Crippen molar-refractivity contribution in [2.75, 3.05) is 5.01 Å². The molecule has 2 aromatic rings. The van der Waals surface area contributed by atoms with Crippen molar-refractivity contribution >= 4 is 15.7 Å². The van der Waals surface area contributed by atoms with Gasteiger partial charge in [-0.3, -0.25) is 10.1 Å². The molecule has 0 aliphatic carbocycles. The monoisotopic (exact) mass is 386 g/mol. The zero-order chi connectivity index (χ0) is 18.9. The molecule has 1 saturated heterocycles. The second-order valence-electron chi connectivity index (χ2n) is 7.22. The SMILES string of the molecule is CC1(C)CC2Cc3[nH]ncc3N1N2S(=O)(=O)c1ccc(C(F)(F)F)cc1. The molecule has 1 unspecified atom stereocenters. The van der Waals surface area contributed by atoms with Gasteiger partial charge in [-0.25, -0.2) is 8.42 Å². The van der Waals surface area contributed by atoms with Crippen molar-refractivity contribution in [3.8, 4) is 0 Å². The molecule has 1 aromatic heterocycles. The number of nitrogens with zero attached hydrogens (tertiary/aromatic N) is 3. The Morgan fingerprint density at radius 3 is 2.50 bits per heavy atom. The summed E-state index contributed by atoms with van der Waals surface area (Å²) in [4.78, 5) is -0.162. The Labute approximate surface area is 148 Å². The summed E-state index contributed by atoms with van der Waals surface area (Å²) in [6, 6.07) is 3.29. The number of aromatic nitrogens is 2. The maximum absolute atomic E-state index is 13.2. The lowest BCUT2D eigenvalue weighted by Crippen LogP contribution is -2.53. The standard InChI is InChI=1S/C16H17F3N4O2S/c1-15(2)8-11-7-13-14(9-20-21-13)22(15)23(11)26(24,25)12-5-3-10(4-6-12)16(17,18)19/h3-6,9,11H,7-8H2,1-2H3,(H,20,21). The first-order valence-corrected chi connectivity index (χ1v) is 9.50. The van der Waals surface area contributed by atoms with Crippen molar-refractivity contribution in [2.45, 2.75) is 49.3 Å². The largest absolute Gasteiger partial charge is 0.416 e. The molecule has 0 radical (unpaired) electrons. The van der Waals surface area contributed by atoms with Crippen LogP contribution in [0.15, 0.2) is 35.4 Å². The molecule has 140 valence electrons. The van der Waals surface area contributed by atoms with Crippen LogP contribution in [0.3, 0.4) is 0 Å². The van der Waals surface area contributed by atoms with Crippen LogP contribution in [0.5, 0.6) is 0 Å². The Morgan fingerprint density at radius 1 is 1.23 bits per heavy atom. The zero-order valence-electron chi connectivity index (χ0n) is 14.1. The summed E-state index contributed by atoms with van der Waals surface area (Å²) in [5, 5.41) is 8.58. The summed E-state index contributed by atoms with van der Waals surface area (Å²) >= 11 is 0. The second kappa shape index (κ2) is 5.23. The molecule has 3 heterocycles. The number of H-pyrrole nitrogens is 1. The molecule has 2 aliphatic heterocycles. The van der Waals surface area contributed by atoms with Crippen molar-refractivity contribution in [3.05, 3.63) is 41.7 Å². The van der Waals surface area contributed by atoms with Gasteiger partial charge in [-0.1, -0.05) is 0 Å².